The molecule has 0 radical (unpaired) electrons. The third kappa shape index (κ3) is 6.79. The molecule has 282 valence electrons. The molecule has 0 saturated heterocycles. The fraction of sp³-hybridized carbons (Fsp3) is 0.160. The summed E-state index contributed by atoms with van der Waals surface area (Å²) in [6, 6.07) is 56.1. The van der Waals surface area contributed by atoms with E-state index in [9.17, 15) is 0 Å². The summed E-state index contributed by atoms with van der Waals surface area (Å²) in [5, 5.41) is 2.24. The molecule has 1 aliphatic rings. The second kappa shape index (κ2) is 14.5. The normalized spacial score (nSPS) is 12.9. The second-order valence-corrected chi connectivity index (χ2v) is 16.3. The number of pyridine rings is 1. The molecule has 0 saturated carbocycles. The Kier molecular flexibility index (Phi) is 9.63. The van der Waals surface area contributed by atoms with E-state index in [1.54, 1.807) is 0 Å². The number of hydrogen-bond donors (Lipinski definition) is 0. The van der Waals surface area contributed by atoms with Crippen LogP contribution in [0.3, 0.4) is 0 Å². The first kappa shape index (κ1) is 37.3. The van der Waals surface area contributed by atoms with Crippen LogP contribution in [0.2, 0.25) is 0 Å². The topological polar surface area (TPSA) is 33.5 Å². The number of aromatic nitrogens is 2. The Labute approximate surface area is 344 Å². The van der Waals surface area contributed by atoms with Crippen LogP contribution in [-0.2, 0) is 31.9 Å². The molecular formula is C50H43N4OPt-3. The summed E-state index contributed by atoms with van der Waals surface area (Å²) < 4.78 is 8.99. The van der Waals surface area contributed by atoms with Gasteiger partial charge < -0.3 is 19.1 Å². The number of anilines is 4. The first-order valence-electron chi connectivity index (χ1n) is 18.9. The maximum absolute atomic E-state index is 6.77. The molecule has 0 atom stereocenters. The summed E-state index contributed by atoms with van der Waals surface area (Å²) in [6.45, 7) is 15.6. The van der Waals surface area contributed by atoms with Crippen LogP contribution in [0, 0.1) is 18.8 Å². The first-order valence-corrected chi connectivity index (χ1v) is 18.9. The molecule has 0 unspecified atom stereocenters. The van der Waals surface area contributed by atoms with E-state index in [4.69, 9.17) is 9.72 Å². The molecule has 0 fully saturated rings. The van der Waals surface area contributed by atoms with Gasteiger partial charge in [0, 0.05) is 61.3 Å². The first-order chi connectivity index (χ1) is 26.5. The molecule has 9 rings (SSSR count). The van der Waals surface area contributed by atoms with Gasteiger partial charge in [-0.1, -0.05) is 125 Å². The van der Waals surface area contributed by atoms with Gasteiger partial charge in [0.1, 0.15) is 5.82 Å². The Balaban J connectivity index is 0.00000441. The van der Waals surface area contributed by atoms with Crippen molar-refractivity contribution >= 4 is 44.6 Å². The molecule has 0 bridgehead atoms. The van der Waals surface area contributed by atoms with Crippen LogP contribution in [0.15, 0.2) is 146 Å². The number of hydrogen-bond acceptors (Lipinski definition) is 4. The number of rotatable bonds is 6. The summed E-state index contributed by atoms with van der Waals surface area (Å²) in [5.41, 5.74) is 10.8. The van der Waals surface area contributed by atoms with E-state index in [2.05, 4.69) is 202 Å². The van der Waals surface area contributed by atoms with E-state index in [-0.39, 0.29) is 31.9 Å². The van der Waals surface area contributed by atoms with Crippen molar-refractivity contribution in [2.24, 2.45) is 0 Å². The molecule has 6 heteroatoms. The van der Waals surface area contributed by atoms with Crippen molar-refractivity contribution in [1.82, 2.24) is 9.55 Å². The van der Waals surface area contributed by atoms with Crippen molar-refractivity contribution < 1.29 is 25.8 Å². The van der Waals surface area contributed by atoms with Crippen LogP contribution >= 0.6 is 0 Å². The fourth-order valence-corrected chi connectivity index (χ4v) is 7.52. The molecule has 3 heterocycles. The van der Waals surface area contributed by atoms with Gasteiger partial charge >= 0.3 is 0 Å². The SMILES string of the molecule is CC(C)(C)c1cccc(N2[CH-]N(c3[c-]c(Oc4[c-]c5c(c(-c6ccccc6)c4)c4ccccc4n5-c4cc(C(C)(C)C)ccn4)ccc3)c3ccccc32)c1.[Pt]. The predicted molar refractivity (Wildman–Crippen MR) is 227 cm³/mol. The Hall–Kier alpha value is -5.64. The van der Waals surface area contributed by atoms with Crippen molar-refractivity contribution in [3.8, 4) is 28.4 Å². The van der Waals surface area contributed by atoms with Crippen LogP contribution in [0.25, 0.3) is 38.8 Å². The van der Waals surface area contributed by atoms with Gasteiger partial charge in [0.25, 0.3) is 0 Å². The van der Waals surface area contributed by atoms with Gasteiger partial charge in [0.15, 0.2) is 0 Å². The zero-order valence-electron chi connectivity index (χ0n) is 32.4. The smallest absolute Gasteiger partial charge is 0.135 e. The number of fused-ring (bicyclic) bond motifs is 4. The molecule has 56 heavy (non-hydrogen) atoms. The number of benzene rings is 6. The molecule has 1 aliphatic heterocycles. The predicted octanol–water partition coefficient (Wildman–Crippen LogP) is 13.2. The molecular weight excluding hydrogens is 868 g/mol. The monoisotopic (exact) mass is 910 g/mol. The van der Waals surface area contributed by atoms with E-state index in [1.807, 2.05) is 18.3 Å². The Bertz CT molecular complexity index is 2700. The van der Waals surface area contributed by atoms with Gasteiger partial charge in [0.2, 0.25) is 0 Å². The third-order valence-corrected chi connectivity index (χ3v) is 10.4. The zero-order valence-corrected chi connectivity index (χ0v) is 34.7. The van der Waals surface area contributed by atoms with E-state index in [0.717, 1.165) is 61.5 Å². The summed E-state index contributed by atoms with van der Waals surface area (Å²) in [7, 11) is 0. The maximum atomic E-state index is 6.77. The number of para-hydroxylation sites is 3. The van der Waals surface area contributed by atoms with Crippen LogP contribution in [0.1, 0.15) is 52.7 Å². The van der Waals surface area contributed by atoms with E-state index in [1.165, 1.54) is 11.1 Å². The quantitative estimate of drug-likeness (QED) is 0.156. The number of ether oxygens (including phenoxy) is 1. The summed E-state index contributed by atoms with van der Waals surface area (Å²) in [4.78, 5) is 9.35. The van der Waals surface area contributed by atoms with E-state index >= 15 is 0 Å². The zero-order chi connectivity index (χ0) is 37.9. The van der Waals surface area contributed by atoms with Gasteiger partial charge in [-0.25, -0.2) is 4.98 Å². The molecule has 8 aromatic rings. The van der Waals surface area contributed by atoms with Gasteiger partial charge in [-0.3, -0.25) is 0 Å². The minimum Gasteiger partial charge on any atom is -0.509 e. The average molecular weight is 911 g/mol. The van der Waals surface area contributed by atoms with Crippen molar-refractivity contribution in [3.63, 3.8) is 0 Å². The Morgan fingerprint density at radius 2 is 1.29 bits per heavy atom. The van der Waals surface area contributed by atoms with Crippen molar-refractivity contribution in [1.29, 1.82) is 0 Å². The van der Waals surface area contributed by atoms with Gasteiger partial charge in [-0.15, -0.1) is 48.3 Å². The largest absolute Gasteiger partial charge is 0.509 e. The Morgan fingerprint density at radius 1 is 0.607 bits per heavy atom. The van der Waals surface area contributed by atoms with Gasteiger partial charge in [0.05, 0.1) is 0 Å². The summed E-state index contributed by atoms with van der Waals surface area (Å²) in [6.07, 6.45) is 1.91. The Morgan fingerprint density at radius 3 is 2.05 bits per heavy atom. The van der Waals surface area contributed by atoms with E-state index in [0.29, 0.717) is 11.5 Å². The second-order valence-electron chi connectivity index (χ2n) is 16.3. The maximum Gasteiger partial charge on any atom is 0.135 e. The van der Waals surface area contributed by atoms with Crippen molar-refractivity contribution in [2.45, 2.75) is 52.4 Å². The summed E-state index contributed by atoms with van der Waals surface area (Å²) >= 11 is 0. The minimum absolute atomic E-state index is 0. The van der Waals surface area contributed by atoms with Crippen LogP contribution in [0.5, 0.6) is 11.5 Å². The molecule has 2 aromatic heterocycles. The van der Waals surface area contributed by atoms with Gasteiger partial charge in [-0.2, -0.15) is 6.07 Å². The summed E-state index contributed by atoms with van der Waals surface area (Å²) in [5.74, 6) is 2.05. The number of nitrogens with zero attached hydrogens (tertiary/aromatic N) is 4. The third-order valence-electron chi connectivity index (χ3n) is 10.4. The molecule has 0 aliphatic carbocycles. The molecule has 0 spiro atoms. The molecule has 0 N–H and O–H groups in total. The van der Waals surface area contributed by atoms with E-state index < -0.39 is 0 Å². The molecule has 6 aromatic carbocycles. The van der Waals surface area contributed by atoms with Gasteiger partial charge in [-0.05, 0) is 75.4 Å². The van der Waals surface area contributed by atoms with Crippen LogP contribution < -0.4 is 14.5 Å². The van der Waals surface area contributed by atoms with Crippen LogP contribution in [0.4, 0.5) is 22.7 Å². The van der Waals surface area contributed by atoms with Crippen molar-refractivity contribution in [2.75, 3.05) is 9.80 Å². The molecule has 0 amide bonds. The minimum atomic E-state index is -0.0364. The average Bonchev–Trinajstić information content (AvgIpc) is 3.74. The van der Waals surface area contributed by atoms with Crippen molar-refractivity contribution in [3.05, 3.63) is 176 Å². The van der Waals surface area contributed by atoms with Crippen LogP contribution in [-0.4, -0.2) is 9.55 Å². The standard InChI is InChI=1S/C50H43N4O.Pt/c1-49(2,3)35-18-14-19-37(28-35)52-33-53(45-25-13-12-24-44(45)52)38-20-15-21-39(30-38)55-40-31-42(34-16-8-7-9-17-34)48-41-22-10-11-23-43(41)54(46(48)32-40)47-29-36(26-27-51-47)50(4,5)6;/h7-29,31,33H,1-6H3;/q-3;. The molecule has 5 nitrogen and oxygen atoms in total. The fourth-order valence-electron chi connectivity index (χ4n) is 7.52.